The summed E-state index contributed by atoms with van der Waals surface area (Å²) >= 11 is 0. The first-order valence-electron chi connectivity index (χ1n) is 4.08. The lowest BCUT2D eigenvalue weighted by Gasteiger charge is -2.11. The SMILES string of the molecule is O=C1CCC(=O)N1Cc1cn[nH]c1. The summed E-state index contributed by atoms with van der Waals surface area (Å²) < 4.78 is 0. The molecular formula is C8H9N3O2. The standard InChI is InChI=1S/C8H9N3O2/c12-7-1-2-8(13)11(7)5-6-3-9-10-4-6/h3-4H,1-2,5H2,(H,9,10). The zero-order chi connectivity index (χ0) is 9.26. The van der Waals surface area contributed by atoms with Crippen molar-refractivity contribution in [3.8, 4) is 0 Å². The van der Waals surface area contributed by atoms with Crippen LogP contribution in [0.25, 0.3) is 0 Å². The van der Waals surface area contributed by atoms with Crippen molar-refractivity contribution in [3.05, 3.63) is 18.0 Å². The molecule has 68 valence electrons. The van der Waals surface area contributed by atoms with Gasteiger partial charge in [-0.25, -0.2) is 0 Å². The molecule has 13 heavy (non-hydrogen) atoms. The molecule has 1 N–H and O–H groups in total. The summed E-state index contributed by atoms with van der Waals surface area (Å²) in [4.78, 5) is 23.6. The Morgan fingerprint density at radius 3 is 2.62 bits per heavy atom. The summed E-state index contributed by atoms with van der Waals surface area (Å²) in [5.74, 6) is -0.183. The first-order chi connectivity index (χ1) is 6.27. The van der Waals surface area contributed by atoms with E-state index in [2.05, 4.69) is 10.2 Å². The number of rotatable bonds is 2. The van der Waals surface area contributed by atoms with Gasteiger partial charge in [-0.05, 0) is 0 Å². The highest BCUT2D eigenvalue weighted by Gasteiger charge is 2.28. The monoisotopic (exact) mass is 179 g/mol. The van der Waals surface area contributed by atoms with E-state index >= 15 is 0 Å². The lowest BCUT2D eigenvalue weighted by Crippen LogP contribution is -2.28. The van der Waals surface area contributed by atoms with Gasteiger partial charge in [0.05, 0.1) is 12.7 Å². The van der Waals surface area contributed by atoms with Crippen LogP contribution in [0.1, 0.15) is 18.4 Å². The van der Waals surface area contributed by atoms with Gasteiger partial charge in [0, 0.05) is 24.6 Å². The fourth-order valence-corrected chi connectivity index (χ4v) is 1.35. The number of hydrogen-bond acceptors (Lipinski definition) is 3. The van der Waals surface area contributed by atoms with Crippen molar-refractivity contribution in [1.29, 1.82) is 0 Å². The Kier molecular flexibility index (Phi) is 1.84. The first-order valence-corrected chi connectivity index (χ1v) is 4.08. The molecule has 0 aliphatic carbocycles. The van der Waals surface area contributed by atoms with Crippen LogP contribution < -0.4 is 0 Å². The number of imide groups is 1. The Morgan fingerprint density at radius 1 is 1.38 bits per heavy atom. The number of H-pyrrole nitrogens is 1. The molecule has 1 aliphatic rings. The van der Waals surface area contributed by atoms with Gasteiger partial charge < -0.3 is 0 Å². The van der Waals surface area contributed by atoms with Gasteiger partial charge in [-0.3, -0.25) is 19.6 Å². The van der Waals surface area contributed by atoms with E-state index in [1.165, 1.54) is 4.90 Å². The van der Waals surface area contributed by atoms with E-state index in [4.69, 9.17) is 0 Å². The van der Waals surface area contributed by atoms with E-state index in [1.807, 2.05) is 0 Å². The number of aromatic nitrogens is 2. The van der Waals surface area contributed by atoms with Crippen molar-refractivity contribution in [2.45, 2.75) is 19.4 Å². The van der Waals surface area contributed by atoms with Crippen LogP contribution >= 0.6 is 0 Å². The van der Waals surface area contributed by atoms with Gasteiger partial charge in [-0.15, -0.1) is 0 Å². The Morgan fingerprint density at radius 2 is 2.08 bits per heavy atom. The lowest BCUT2D eigenvalue weighted by molar-refractivity contribution is -0.139. The van der Waals surface area contributed by atoms with Crippen LogP contribution in [0, 0.1) is 0 Å². The molecule has 0 unspecified atom stereocenters. The minimum absolute atomic E-state index is 0.0915. The van der Waals surface area contributed by atoms with E-state index in [1.54, 1.807) is 12.4 Å². The van der Waals surface area contributed by atoms with E-state index in [-0.39, 0.29) is 11.8 Å². The molecule has 1 saturated heterocycles. The smallest absolute Gasteiger partial charge is 0.229 e. The summed E-state index contributed by atoms with van der Waals surface area (Å²) in [5, 5.41) is 6.37. The maximum absolute atomic E-state index is 11.2. The topological polar surface area (TPSA) is 66.1 Å². The summed E-state index contributed by atoms with van der Waals surface area (Å²) in [7, 11) is 0. The normalized spacial score (nSPS) is 17.1. The number of carbonyl (C=O) groups excluding carboxylic acids is 2. The zero-order valence-electron chi connectivity index (χ0n) is 6.99. The third-order valence-electron chi connectivity index (χ3n) is 2.05. The van der Waals surface area contributed by atoms with E-state index in [0.29, 0.717) is 19.4 Å². The highest BCUT2D eigenvalue weighted by atomic mass is 16.2. The number of nitrogens with zero attached hydrogens (tertiary/aromatic N) is 2. The van der Waals surface area contributed by atoms with Crippen molar-refractivity contribution < 1.29 is 9.59 Å². The molecule has 0 bridgehead atoms. The van der Waals surface area contributed by atoms with Gasteiger partial charge in [0.25, 0.3) is 0 Å². The molecule has 2 rings (SSSR count). The third-order valence-corrected chi connectivity index (χ3v) is 2.05. The summed E-state index contributed by atoms with van der Waals surface area (Å²) in [6, 6.07) is 0. The Hall–Kier alpha value is -1.65. The van der Waals surface area contributed by atoms with E-state index < -0.39 is 0 Å². The second-order valence-electron chi connectivity index (χ2n) is 2.98. The number of likely N-dealkylation sites (tertiary alicyclic amines) is 1. The zero-order valence-corrected chi connectivity index (χ0v) is 6.99. The van der Waals surface area contributed by atoms with Gasteiger partial charge in [0.1, 0.15) is 0 Å². The predicted octanol–water partition coefficient (Wildman–Crippen LogP) is 0.0587. The average molecular weight is 179 g/mol. The number of aromatic amines is 1. The molecule has 1 fully saturated rings. The third kappa shape index (κ3) is 1.44. The molecular weight excluding hydrogens is 170 g/mol. The van der Waals surface area contributed by atoms with Crippen LogP contribution in [0.5, 0.6) is 0 Å². The molecule has 2 amide bonds. The Balaban J connectivity index is 2.09. The van der Waals surface area contributed by atoms with Gasteiger partial charge in [0.2, 0.25) is 11.8 Å². The summed E-state index contributed by atoms with van der Waals surface area (Å²) in [5.41, 5.74) is 0.851. The first kappa shape index (κ1) is 7.97. The van der Waals surface area contributed by atoms with Crippen molar-refractivity contribution in [3.63, 3.8) is 0 Å². The molecule has 1 aliphatic heterocycles. The van der Waals surface area contributed by atoms with Crippen molar-refractivity contribution in [2.24, 2.45) is 0 Å². The molecule has 5 heteroatoms. The molecule has 0 atom stereocenters. The van der Waals surface area contributed by atoms with Crippen LogP contribution in [-0.2, 0) is 16.1 Å². The van der Waals surface area contributed by atoms with Crippen molar-refractivity contribution in [2.75, 3.05) is 0 Å². The Labute approximate surface area is 74.7 Å². The lowest BCUT2D eigenvalue weighted by atomic mass is 10.3. The van der Waals surface area contributed by atoms with Crippen LogP contribution in [0.15, 0.2) is 12.4 Å². The van der Waals surface area contributed by atoms with Gasteiger partial charge >= 0.3 is 0 Å². The van der Waals surface area contributed by atoms with E-state index in [0.717, 1.165) is 5.56 Å². The molecule has 1 aromatic rings. The molecule has 0 saturated carbocycles. The number of amides is 2. The Bertz CT molecular complexity index is 315. The highest BCUT2D eigenvalue weighted by molar-refractivity contribution is 6.01. The maximum atomic E-state index is 11.2. The minimum atomic E-state index is -0.0915. The summed E-state index contributed by atoms with van der Waals surface area (Å²) in [6.45, 7) is 0.341. The molecule has 0 radical (unpaired) electrons. The van der Waals surface area contributed by atoms with Crippen LogP contribution in [0.3, 0.4) is 0 Å². The number of carbonyl (C=O) groups is 2. The van der Waals surface area contributed by atoms with Crippen LogP contribution in [0.2, 0.25) is 0 Å². The van der Waals surface area contributed by atoms with Gasteiger partial charge in [0.15, 0.2) is 0 Å². The second kappa shape index (κ2) is 3.01. The predicted molar refractivity (Wildman–Crippen MR) is 43.4 cm³/mol. The highest BCUT2D eigenvalue weighted by Crippen LogP contribution is 2.14. The van der Waals surface area contributed by atoms with Crippen LogP contribution in [-0.4, -0.2) is 26.9 Å². The minimum Gasteiger partial charge on any atom is -0.285 e. The molecule has 5 nitrogen and oxygen atoms in total. The maximum Gasteiger partial charge on any atom is 0.229 e. The molecule has 0 aromatic carbocycles. The van der Waals surface area contributed by atoms with Crippen LogP contribution in [0.4, 0.5) is 0 Å². The van der Waals surface area contributed by atoms with Crippen molar-refractivity contribution in [1.82, 2.24) is 15.1 Å². The van der Waals surface area contributed by atoms with E-state index in [9.17, 15) is 9.59 Å². The molecule has 2 heterocycles. The fourth-order valence-electron chi connectivity index (χ4n) is 1.35. The quantitative estimate of drug-likeness (QED) is 0.653. The second-order valence-corrected chi connectivity index (χ2v) is 2.98. The number of nitrogens with one attached hydrogen (secondary N) is 1. The van der Waals surface area contributed by atoms with Crippen molar-refractivity contribution >= 4 is 11.8 Å². The number of hydrogen-bond donors (Lipinski definition) is 1. The average Bonchev–Trinajstić information content (AvgIpc) is 2.70. The molecule has 1 aromatic heterocycles. The summed E-state index contributed by atoms with van der Waals surface area (Å²) in [6.07, 6.45) is 3.98. The fraction of sp³-hybridized carbons (Fsp3) is 0.375. The van der Waals surface area contributed by atoms with Gasteiger partial charge in [-0.1, -0.05) is 0 Å². The van der Waals surface area contributed by atoms with Gasteiger partial charge in [-0.2, -0.15) is 5.10 Å². The largest absolute Gasteiger partial charge is 0.285 e. The molecule has 0 spiro atoms.